The number of alkyl carbamates (subject to hydrolysis) is 1. The fraction of sp³-hybridized carbons (Fsp3) is 0.917. The molecule has 2 aliphatic rings. The Hall–Kier alpha value is -0.810. The van der Waals surface area contributed by atoms with Crippen molar-refractivity contribution in [3.05, 3.63) is 0 Å². The number of carbonyl (C=O) groups excluding carboxylic acids is 1. The molecule has 3 atom stereocenters. The van der Waals surface area contributed by atoms with Gasteiger partial charge < -0.3 is 20.1 Å². The van der Waals surface area contributed by atoms with Crippen molar-refractivity contribution in [2.45, 2.75) is 57.3 Å². The first-order valence-corrected chi connectivity index (χ1v) is 6.27. The summed E-state index contributed by atoms with van der Waals surface area (Å²) in [6.07, 6.45) is 1.72. The van der Waals surface area contributed by atoms with Crippen LogP contribution in [-0.4, -0.2) is 43.0 Å². The molecule has 0 spiro atoms. The molecule has 1 aliphatic heterocycles. The average Bonchev–Trinajstić information content (AvgIpc) is 2.70. The van der Waals surface area contributed by atoms with E-state index >= 15 is 0 Å². The molecule has 0 radical (unpaired) electrons. The van der Waals surface area contributed by atoms with Crippen molar-refractivity contribution < 1.29 is 14.3 Å². The van der Waals surface area contributed by atoms with Crippen molar-refractivity contribution in [1.82, 2.24) is 10.6 Å². The number of carbonyl (C=O) groups is 1. The maximum Gasteiger partial charge on any atom is 0.407 e. The lowest BCUT2D eigenvalue weighted by molar-refractivity contribution is 0.0522. The van der Waals surface area contributed by atoms with E-state index in [0.29, 0.717) is 12.1 Å². The maximum atomic E-state index is 11.5. The van der Waals surface area contributed by atoms with Crippen LogP contribution in [0.3, 0.4) is 0 Å². The van der Waals surface area contributed by atoms with Crippen LogP contribution in [0.25, 0.3) is 0 Å². The first-order valence-electron chi connectivity index (χ1n) is 6.27. The van der Waals surface area contributed by atoms with E-state index in [4.69, 9.17) is 9.47 Å². The van der Waals surface area contributed by atoms with E-state index in [9.17, 15) is 4.79 Å². The standard InChI is InChI=1S/C12H22N2O3/c1-12(2,3)17-11(15)14-10-6-9(10)13-8-4-5-16-7-8/h8-10,13H,4-7H2,1-3H3,(H,14,15). The lowest BCUT2D eigenvalue weighted by atomic mass is 10.2. The van der Waals surface area contributed by atoms with Crippen LogP contribution in [-0.2, 0) is 9.47 Å². The van der Waals surface area contributed by atoms with E-state index in [1.807, 2.05) is 20.8 Å². The zero-order valence-electron chi connectivity index (χ0n) is 10.8. The van der Waals surface area contributed by atoms with Crippen LogP contribution in [0.1, 0.15) is 33.6 Å². The molecule has 2 fully saturated rings. The van der Waals surface area contributed by atoms with Gasteiger partial charge in [0.25, 0.3) is 0 Å². The van der Waals surface area contributed by atoms with E-state index in [1.54, 1.807) is 0 Å². The molecule has 0 aromatic heterocycles. The highest BCUT2D eigenvalue weighted by atomic mass is 16.6. The number of hydrogen-bond acceptors (Lipinski definition) is 4. The number of hydrogen-bond donors (Lipinski definition) is 2. The summed E-state index contributed by atoms with van der Waals surface area (Å²) in [4.78, 5) is 11.5. The Morgan fingerprint density at radius 2 is 2.12 bits per heavy atom. The highest BCUT2D eigenvalue weighted by Gasteiger charge is 2.40. The Balaban J connectivity index is 1.64. The van der Waals surface area contributed by atoms with Crippen LogP contribution in [0.5, 0.6) is 0 Å². The summed E-state index contributed by atoms with van der Waals surface area (Å²) in [5.41, 5.74) is -0.429. The molecule has 5 nitrogen and oxygen atoms in total. The molecule has 0 aromatic rings. The van der Waals surface area contributed by atoms with Crippen LogP contribution in [0, 0.1) is 0 Å². The van der Waals surface area contributed by atoms with Crippen molar-refractivity contribution in [3.63, 3.8) is 0 Å². The topological polar surface area (TPSA) is 59.6 Å². The van der Waals surface area contributed by atoms with Gasteiger partial charge in [0.2, 0.25) is 0 Å². The molecule has 1 saturated heterocycles. The molecule has 98 valence electrons. The van der Waals surface area contributed by atoms with E-state index in [0.717, 1.165) is 26.1 Å². The third-order valence-electron chi connectivity index (χ3n) is 2.87. The number of amides is 1. The molecule has 1 heterocycles. The SMILES string of the molecule is CC(C)(C)OC(=O)NC1CC1NC1CCOC1. The minimum Gasteiger partial charge on any atom is -0.444 e. The van der Waals surface area contributed by atoms with Gasteiger partial charge in [-0.15, -0.1) is 0 Å². The second kappa shape index (κ2) is 4.82. The Morgan fingerprint density at radius 1 is 1.35 bits per heavy atom. The smallest absolute Gasteiger partial charge is 0.407 e. The summed E-state index contributed by atoms with van der Waals surface area (Å²) in [6.45, 7) is 7.23. The monoisotopic (exact) mass is 242 g/mol. The summed E-state index contributed by atoms with van der Waals surface area (Å²) in [6, 6.07) is 1.05. The summed E-state index contributed by atoms with van der Waals surface area (Å²) < 4.78 is 10.5. The van der Waals surface area contributed by atoms with E-state index in [-0.39, 0.29) is 12.1 Å². The van der Waals surface area contributed by atoms with E-state index in [1.165, 1.54) is 0 Å². The van der Waals surface area contributed by atoms with Gasteiger partial charge in [0.05, 0.1) is 6.61 Å². The zero-order chi connectivity index (χ0) is 12.5. The van der Waals surface area contributed by atoms with Gasteiger partial charge in [0.15, 0.2) is 0 Å². The molecule has 1 amide bonds. The highest BCUT2D eigenvalue weighted by molar-refractivity contribution is 5.68. The van der Waals surface area contributed by atoms with Gasteiger partial charge in [-0.2, -0.15) is 0 Å². The second-order valence-electron chi connectivity index (χ2n) is 5.82. The van der Waals surface area contributed by atoms with Gasteiger partial charge in [-0.05, 0) is 33.6 Å². The van der Waals surface area contributed by atoms with E-state index < -0.39 is 5.60 Å². The molecule has 0 aromatic carbocycles. The summed E-state index contributed by atoms with van der Waals surface area (Å²) in [7, 11) is 0. The van der Waals surface area contributed by atoms with Gasteiger partial charge in [-0.25, -0.2) is 4.79 Å². The Morgan fingerprint density at radius 3 is 2.71 bits per heavy atom. The highest BCUT2D eigenvalue weighted by Crippen LogP contribution is 2.23. The third-order valence-corrected chi connectivity index (χ3v) is 2.87. The van der Waals surface area contributed by atoms with Crippen molar-refractivity contribution >= 4 is 6.09 Å². The average molecular weight is 242 g/mol. The predicted octanol–water partition coefficient (Wildman–Crippen LogP) is 1.03. The predicted molar refractivity (Wildman–Crippen MR) is 63.9 cm³/mol. The van der Waals surface area contributed by atoms with E-state index in [2.05, 4.69) is 10.6 Å². The van der Waals surface area contributed by atoms with Crippen molar-refractivity contribution in [3.8, 4) is 0 Å². The molecule has 2 rings (SSSR count). The van der Waals surface area contributed by atoms with Crippen molar-refractivity contribution in [2.24, 2.45) is 0 Å². The summed E-state index contributed by atoms with van der Waals surface area (Å²) >= 11 is 0. The second-order valence-corrected chi connectivity index (χ2v) is 5.82. The van der Waals surface area contributed by atoms with Crippen LogP contribution < -0.4 is 10.6 Å². The third kappa shape index (κ3) is 4.16. The summed E-state index contributed by atoms with van der Waals surface area (Å²) in [5, 5.41) is 6.35. The van der Waals surface area contributed by atoms with Crippen molar-refractivity contribution in [1.29, 1.82) is 0 Å². The molecule has 17 heavy (non-hydrogen) atoms. The number of rotatable bonds is 3. The van der Waals surface area contributed by atoms with Crippen LogP contribution in [0.4, 0.5) is 4.79 Å². The quantitative estimate of drug-likeness (QED) is 0.776. The molecular formula is C12H22N2O3. The number of ether oxygens (including phenoxy) is 2. The molecular weight excluding hydrogens is 220 g/mol. The molecule has 5 heteroatoms. The van der Waals surface area contributed by atoms with Gasteiger partial charge in [0.1, 0.15) is 5.60 Å². The lowest BCUT2D eigenvalue weighted by Crippen LogP contribution is -2.39. The molecule has 0 bridgehead atoms. The van der Waals surface area contributed by atoms with Crippen LogP contribution in [0.2, 0.25) is 0 Å². The first kappa shape index (κ1) is 12.6. The normalized spacial score (nSPS) is 32.3. The molecule has 2 N–H and O–H groups in total. The van der Waals surface area contributed by atoms with Gasteiger partial charge in [-0.1, -0.05) is 0 Å². The molecule has 3 unspecified atom stereocenters. The van der Waals surface area contributed by atoms with Gasteiger partial charge >= 0.3 is 6.09 Å². The Labute approximate surface area is 102 Å². The van der Waals surface area contributed by atoms with Gasteiger partial charge in [-0.3, -0.25) is 0 Å². The summed E-state index contributed by atoms with van der Waals surface area (Å²) in [5.74, 6) is 0. The largest absolute Gasteiger partial charge is 0.444 e. The fourth-order valence-corrected chi connectivity index (χ4v) is 1.97. The lowest BCUT2D eigenvalue weighted by Gasteiger charge is -2.20. The Kier molecular flexibility index (Phi) is 3.58. The van der Waals surface area contributed by atoms with Gasteiger partial charge in [0, 0.05) is 24.7 Å². The minimum atomic E-state index is -0.429. The Bertz CT molecular complexity index is 282. The zero-order valence-corrected chi connectivity index (χ0v) is 10.8. The molecule has 1 aliphatic carbocycles. The minimum absolute atomic E-state index is 0.213. The van der Waals surface area contributed by atoms with Crippen LogP contribution >= 0.6 is 0 Å². The van der Waals surface area contributed by atoms with Crippen LogP contribution in [0.15, 0.2) is 0 Å². The maximum absolute atomic E-state index is 11.5. The first-order chi connectivity index (χ1) is 7.94. The van der Waals surface area contributed by atoms with Crippen molar-refractivity contribution in [2.75, 3.05) is 13.2 Å². The number of nitrogens with one attached hydrogen (secondary N) is 2. The molecule has 1 saturated carbocycles. The fourth-order valence-electron chi connectivity index (χ4n) is 1.97.